The fraction of sp³-hybridized carbons (Fsp3) is 0.190. The van der Waals surface area contributed by atoms with Gasteiger partial charge < -0.3 is 24.8 Å². The Bertz CT molecular complexity index is 977. The Labute approximate surface area is 168 Å². The highest BCUT2D eigenvalue weighted by molar-refractivity contribution is 5.93. The summed E-state index contributed by atoms with van der Waals surface area (Å²) in [5.74, 6) is 2.01. The largest absolute Gasteiger partial charge is 0.495 e. The molecular formula is C21H22N4O4. The number of aromatic nitrogens is 2. The van der Waals surface area contributed by atoms with Crippen molar-refractivity contribution in [2.45, 2.75) is 6.54 Å². The predicted octanol–water partition coefficient (Wildman–Crippen LogP) is 3.18. The average Bonchev–Trinajstić information content (AvgIpc) is 2.78. The van der Waals surface area contributed by atoms with E-state index in [4.69, 9.17) is 14.2 Å². The van der Waals surface area contributed by atoms with Gasteiger partial charge >= 0.3 is 0 Å². The molecule has 0 saturated carbocycles. The quantitative estimate of drug-likeness (QED) is 0.606. The maximum Gasteiger partial charge on any atom is 0.254 e. The van der Waals surface area contributed by atoms with Crippen molar-refractivity contribution < 1.29 is 19.0 Å². The molecule has 8 heteroatoms. The molecule has 150 valence electrons. The summed E-state index contributed by atoms with van der Waals surface area (Å²) < 4.78 is 15.8. The lowest BCUT2D eigenvalue weighted by atomic mass is 10.2. The monoisotopic (exact) mass is 394 g/mol. The van der Waals surface area contributed by atoms with Crippen LogP contribution in [0.5, 0.6) is 17.2 Å². The molecule has 0 fully saturated rings. The molecule has 3 rings (SSSR count). The van der Waals surface area contributed by atoms with Gasteiger partial charge in [0.15, 0.2) is 11.5 Å². The normalized spacial score (nSPS) is 10.2. The van der Waals surface area contributed by atoms with Gasteiger partial charge in [0.1, 0.15) is 5.75 Å². The van der Waals surface area contributed by atoms with Gasteiger partial charge in [0.25, 0.3) is 5.91 Å². The van der Waals surface area contributed by atoms with Gasteiger partial charge in [0.2, 0.25) is 5.95 Å². The maximum absolute atomic E-state index is 12.4. The molecule has 1 aromatic heterocycles. The zero-order valence-electron chi connectivity index (χ0n) is 16.4. The molecule has 0 saturated heterocycles. The molecule has 0 aliphatic carbocycles. The van der Waals surface area contributed by atoms with Gasteiger partial charge in [-0.25, -0.2) is 9.97 Å². The zero-order chi connectivity index (χ0) is 20.6. The molecule has 0 radical (unpaired) electrons. The molecule has 0 bridgehead atoms. The number of carbonyl (C=O) groups is 1. The molecule has 1 amide bonds. The number of amides is 1. The van der Waals surface area contributed by atoms with E-state index < -0.39 is 0 Å². The highest BCUT2D eigenvalue weighted by Gasteiger charge is 2.10. The SMILES string of the molecule is COc1ccccc1Nc1ncc(C(=O)NCc2ccc(OC)c(OC)c2)cn1. The lowest BCUT2D eigenvalue weighted by molar-refractivity contribution is 0.0950. The maximum atomic E-state index is 12.4. The molecule has 8 nitrogen and oxygen atoms in total. The summed E-state index contributed by atoms with van der Waals surface area (Å²) in [4.78, 5) is 20.8. The first-order valence-corrected chi connectivity index (χ1v) is 8.85. The molecule has 2 N–H and O–H groups in total. The smallest absolute Gasteiger partial charge is 0.254 e. The van der Waals surface area contributed by atoms with Crippen molar-refractivity contribution in [1.82, 2.24) is 15.3 Å². The summed E-state index contributed by atoms with van der Waals surface area (Å²) >= 11 is 0. The Hall–Kier alpha value is -3.81. The van der Waals surface area contributed by atoms with E-state index in [1.165, 1.54) is 12.4 Å². The van der Waals surface area contributed by atoms with Crippen LogP contribution in [-0.4, -0.2) is 37.2 Å². The zero-order valence-corrected chi connectivity index (χ0v) is 16.4. The van der Waals surface area contributed by atoms with E-state index in [9.17, 15) is 4.79 Å². The van der Waals surface area contributed by atoms with Crippen LogP contribution in [0.25, 0.3) is 0 Å². The number of anilines is 2. The molecule has 29 heavy (non-hydrogen) atoms. The van der Waals surface area contributed by atoms with Gasteiger partial charge in [-0.3, -0.25) is 4.79 Å². The first-order valence-electron chi connectivity index (χ1n) is 8.85. The minimum absolute atomic E-state index is 0.274. The Balaban J connectivity index is 1.62. The van der Waals surface area contributed by atoms with E-state index in [1.54, 1.807) is 27.4 Å². The first kappa shape index (κ1) is 19.9. The number of nitrogens with one attached hydrogen (secondary N) is 2. The molecule has 0 aliphatic rings. The van der Waals surface area contributed by atoms with Crippen LogP contribution in [0.2, 0.25) is 0 Å². The number of hydrogen-bond donors (Lipinski definition) is 2. The van der Waals surface area contributed by atoms with Gasteiger partial charge in [-0.05, 0) is 29.8 Å². The first-order chi connectivity index (χ1) is 14.1. The second-order valence-electron chi connectivity index (χ2n) is 5.99. The Morgan fingerprint density at radius 1 is 0.897 bits per heavy atom. The van der Waals surface area contributed by atoms with Crippen LogP contribution < -0.4 is 24.8 Å². The highest BCUT2D eigenvalue weighted by atomic mass is 16.5. The third kappa shape index (κ3) is 4.92. The van der Waals surface area contributed by atoms with E-state index in [0.717, 1.165) is 11.3 Å². The van der Waals surface area contributed by atoms with Gasteiger partial charge in [-0.15, -0.1) is 0 Å². The van der Waals surface area contributed by atoms with Gasteiger partial charge in [-0.2, -0.15) is 0 Å². The number of hydrogen-bond acceptors (Lipinski definition) is 7. The van der Waals surface area contributed by atoms with Crippen LogP contribution in [-0.2, 0) is 6.54 Å². The third-order valence-electron chi connectivity index (χ3n) is 4.17. The van der Waals surface area contributed by atoms with Crippen LogP contribution in [0.1, 0.15) is 15.9 Å². The molecule has 0 aliphatic heterocycles. The van der Waals surface area contributed by atoms with Crippen molar-refractivity contribution in [3.05, 3.63) is 66.0 Å². The van der Waals surface area contributed by atoms with E-state index in [0.29, 0.717) is 35.3 Å². The summed E-state index contributed by atoms with van der Waals surface area (Å²) in [5, 5.41) is 5.90. The molecule has 0 unspecified atom stereocenters. The fourth-order valence-corrected chi connectivity index (χ4v) is 2.65. The summed E-state index contributed by atoms with van der Waals surface area (Å²) in [6, 6.07) is 12.9. The lowest BCUT2D eigenvalue weighted by Gasteiger charge is -2.11. The number of rotatable bonds is 8. The van der Waals surface area contributed by atoms with Crippen molar-refractivity contribution in [3.8, 4) is 17.2 Å². The summed E-state index contributed by atoms with van der Waals surface area (Å²) in [6.07, 6.45) is 2.93. The highest BCUT2D eigenvalue weighted by Crippen LogP contribution is 2.27. The van der Waals surface area contributed by atoms with E-state index in [2.05, 4.69) is 20.6 Å². The predicted molar refractivity (Wildman–Crippen MR) is 109 cm³/mol. The second kappa shape index (κ2) is 9.41. The van der Waals surface area contributed by atoms with E-state index >= 15 is 0 Å². The number of nitrogens with zero attached hydrogens (tertiary/aromatic N) is 2. The van der Waals surface area contributed by atoms with Crippen molar-refractivity contribution in [3.63, 3.8) is 0 Å². The van der Waals surface area contributed by atoms with Crippen molar-refractivity contribution in [1.29, 1.82) is 0 Å². The lowest BCUT2D eigenvalue weighted by Crippen LogP contribution is -2.23. The fourth-order valence-electron chi connectivity index (χ4n) is 2.65. The van der Waals surface area contributed by atoms with Crippen LogP contribution in [0.3, 0.4) is 0 Å². The number of ether oxygens (including phenoxy) is 3. The van der Waals surface area contributed by atoms with Crippen molar-refractivity contribution in [2.75, 3.05) is 26.6 Å². The Morgan fingerprint density at radius 2 is 1.59 bits per heavy atom. The van der Waals surface area contributed by atoms with Crippen LogP contribution >= 0.6 is 0 Å². The summed E-state index contributed by atoms with van der Waals surface area (Å²) in [6.45, 7) is 0.334. The van der Waals surface area contributed by atoms with Crippen molar-refractivity contribution >= 4 is 17.5 Å². The van der Waals surface area contributed by atoms with Gasteiger partial charge in [-0.1, -0.05) is 18.2 Å². The molecule has 3 aromatic rings. The molecule has 0 spiro atoms. The number of methoxy groups -OCH3 is 3. The minimum Gasteiger partial charge on any atom is -0.495 e. The standard InChI is InChI=1S/C21H22N4O4/c1-27-17-7-5-4-6-16(17)25-21-23-12-15(13-24-21)20(26)22-11-14-8-9-18(28-2)19(10-14)29-3/h4-10,12-13H,11H2,1-3H3,(H,22,26)(H,23,24,25). The van der Waals surface area contributed by atoms with Crippen LogP contribution in [0.4, 0.5) is 11.6 Å². The summed E-state index contributed by atoms with van der Waals surface area (Å²) in [7, 11) is 4.73. The Morgan fingerprint density at radius 3 is 2.28 bits per heavy atom. The molecular weight excluding hydrogens is 372 g/mol. The van der Waals surface area contributed by atoms with E-state index in [1.807, 2.05) is 36.4 Å². The van der Waals surface area contributed by atoms with Gasteiger partial charge in [0.05, 0.1) is 32.6 Å². The van der Waals surface area contributed by atoms with Gasteiger partial charge in [0, 0.05) is 18.9 Å². The van der Waals surface area contributed by atoms with Crippen LogP contribution in [0, 0.1) is 0 Å². The van der Waals surface area contributed by atoms with Crippen molar-refractivity contribution in [2.24, 2.45) is 0 Å². The molecule has 1 heterocycles. The minimum atomic E-state index is -0.274. The Kier molecular flexibility index (Phi) is 6.47. The third-order valence-corrected chi connectivity index (χ3v) is 4.17. The van der Waals surface area contributed by atoms with Crippen LogP contribution in [0.15, 0.2) is 54.9 Å². The number of benzene rings is 2. The average molecular weight is 394 g/mol. The topological polar surface area (TPSA) is 94.6 Å². The number of para-hydroxylation sites is 2. The molecule has 0 atom stereocenters. The summed E-state index contributed by atoms with van der Waals surface area (Å²) in [5.41, 5.74) is 1.98. The van der Waals surface area contributed by atoms with E-state index in [-0.39, 0.29) is 5.91 Å². The molecule has 2 aromatic carbocycles. The number of carbonyl (C=O) groups excluding carboxylic acids is 1. The second-order valence-corrected chi connectivity index (χ2v) is 5.99.